The van der Waals surface area contributed by atoms with Crippen LogP contribution >= 0.6 is 0 Å². The second kappa shape index (κ2) is 40.0. The summed E-state index contributed by atoms with van der Waals surface area (Å²) in [5, 5.41) is 14.8. The summed E-state index contributed by atoms with van der Waals surface area (Å²) < 4.78 is 38.2. The zero-order valence-corrected chi connectivity index (χ0v) is 57.1. The number of unbranched alkanes of at least 4 members (excludes halogenated alkanes) is 20. The van der Waals surface area contributed by atoms with E-state index in [9.17, 15) is 0 Å². The molecule has 8 rings (SSSR count). The highest BCUT2D eigenvalue weighted by Crippen LogP contribution is 2.43. The summed E-state index contributed by atoms with van der Waals surface area (Å²) >= 11 is 0. The number of hydrogen-bond acceptors (Lipinski definition) is 10. The van der Waals surface area contributed by atoms with E-state index in [0.29, 0.717) is 11.5 Å². The van der Waals surface area contributed by atoms with E-state index in [1.165, 1.54) is 128 Å². The molecule has 0 amide bonds. The summed E-state index contributed by atoms with van der Waals surface area (Å²) in [6, 6.07) is 62.0. The Morgan fingerprint density at radius 3 is 0.785 bits per heavy atom. The van der Waals surface area contributed by atoms with Gasteiger partial charge in [0, 0.05) is 28.2 Å². The number of para-hydroxylation sites is 2. The SMILES string of the molecule is CCCCCCCCOc1ccc(Nc2cccc(Oc3ccc(C(C)(C)c4ccc(Oc5cccc(Nc6ccc(OCCCCCCCC)cc6)c5Nc5ccc(OCCCCCCCC)cc5)cc4)cc3)c2Nc2ccc(OCCCCCCCC)cc2)cc1. The topological polar surface area (TPSA) is 104 Å². The first-order valence-electron chi connectivity index (χ1n) is 35.5. The van der Waals surface area contributed by atoms with Gasteiger partial charge in [-0.15, -0.1) is 0 Å². The maximum Gasteiger partial charge on any atom is 0.153 e. The van der Waals surface area contributed by atoms with E-state index in [-0.39, 0.29) is 5.41 Å². The minimum atomic E-state index is -0.344. The van der Waals surface area contributed by atoms with E-state index in [2.05, 4.69) is 172 Å². The summed E-state index contributed by atoms with van der Waals surface area (Å²) in [5.41, 5.74) is 9.05. The molecule has 0 aliphatic rings. The molecule has 8 aromatic rings. The van der Waals surface area contributed by atoms with Crippen molar-refractivity contribution in [3.05, 3.63) is 193 Å². The molecule has 0 fully saturated rings. The number of hydrogen-bond donors (Lipinski definition) is 4. The molecule has 0 radical (unpaired) electrons. The lowest BCUT2D eigenvalue weighted by Crippen LogP contribution is -2.18. The predicted molar refractivity (Wildman–Crippen MR) is 392 cm³/mol. The zero-order chi connectivity index (χ0) is 65.0. The van der Waals surface area contributed by atoms with Crippen LogP contribution in [0.3, 0.4) is 0 Å². The van der Waals surface area contributed by atoms with Gasteiger partial charge >= 0.3 is 0 Å². The van der Waals surface area contributed by atoms with E-state index in [0.717, 1.165) is 143 Å². The van der Waals surface area contributed by atoms with E-state index in [4.69, 9.17) is 28.4 Å². The Morgan fingerprint density at radius 2 is 0.505 bits per heavy atom. The van der Waals surface area contributed by atoms with Crippen LogP contribution in [-0.2, 0) is 5.41 Å². The average Bonchev–Trinajstić information content (AvgIpc) is 1.26. The molecule has 0 aliphatic heterocycles. The zero-order valence-electron chi connectivity index (χ0n) is 57.1. The van der Waals surface area contributed by atoms with Crippen LogP contribution in [0.1, 0.15) is 207 Å². The first-order chi connectivity index (χ1) is 45.7. The lowest BCUT2D eigenvalue weighted by atomic mass is 9.78. The lowest BCUT2D eigenvalue weighted by Gasteiger charge is -2.27. The molecule has 10 nitrogen and oxygen atoms in total. The van der Waals surface area contributed by atoms with E-state index in [1.54, 1.807) is 0 Å². The summed E-state index contributed by atoms with van der Waals surface area (Å²) in [4.78, 5) is 0. The molecule has 4 N–H and O–H groups in total. The molecule has 0 aliphatic carbocycles. The highest BCUT2D eigenvalue weighted by Gasteiger charge is 2.24. The average molecular weight is 1260 g/mol. The third-order valence-electron chi connectivity index (χ3n) is 17.2. The molecular weight excluding hydrogens is 1150 g/mol. The Balaban J connectivity index is 0.947. The Hall–Kier alpha value is -8.24. The molecule has 0 bridgehead atoms. The van der Waals surface area contributed by atoms with Crippen molar-refractivity contribution in [3.63, 3.8) is 0 Å². The fraction of sp³-hybridized carbons (Fsp3) is 0.422. The Kier molecular flexibility index (Phi) is 30.4. The van der Waals surface area contributed by atoms with Gasteiger partial charge in [-0.1, -0.05) is 206 Å². The van der Waals surface area contributed by atoms with Crippen LogP contribution in [0.25, 0.3) is 0 Å². The van der Waals surface area contributed by atoms with Crippen LogP contribution in [-0.4, -0.2) is 26.4 Å². The van der Waals surface area contributed by atoms with Gasteiger partial charge in [-0.2, -0.15) is 0 Å². The van der Waals surface area contributed by atoms with Crippen molar-refractivity contribution in [3.8, 4) is 46.0 Å². The number of benzene rings is 8. The highest BCUT2D eigenvalue weighted by molar-refractivity contribution is 5.85. The van der Waals surface area contributed by atoms with Crippen molar-refractivity contribution < 1.29 is 28.4 Å². The Morgan fingerprint density at radius 1 is 0.258 bits per heavy atom. The molecule has 0 saturated carbocycles. The third-order valence-corrected chi connectivity index (χ3v) is 17.2. The molecule has 0 saturated heterocycles. The Bertz CT molecular complexity index is 3090. The molecule has 10 heteroatoms. The van der Waals surface area contributed by atoms with Gasteiger partial charge in [0.2, 0.25) is 0 Å². The van der Waals surface area contributed by atoms with Crippen molar-refractivity contribution in [2.45, 2.75) is 201 Å². The minimum absolute atomic E-state index is 0.344. The smallest absolute Gasteiger partial charge is 0.153 e. The van der Waals surface area contributed by atoms with Crippen molar-refractivity contribution in [2.24, 2.45) is 0 Å². The van der Waals surface area contributed by atoms with Gasteiger partial charge in [0.25, 0.3) is 0 Å². The fourth-order valence-electron chi connectivity index (χ4n) is 11.4. The Labute approximate surface area is 558 Å². The summed E-state index contributed by atoms with van der Waals surface area (Å²) in [5.74, 6) is 6.30. The molecule has 0 spiro atoms. The van der Waals surface area contributed by atoms with Crippen molar-refractivity contribution in [1.82, 2.24) is 0 Å². The van der Waals surface area contributed by atoms with E-state index in [1.807, 2.05) is 72.8 Å². The number of rotatable bonds is 46. The maximum absolute atomic E-state index is 6.81. The molecular formula is C83H108N4O6. The van der Waals surface area contributed by atoms with E-state index >= 15 is 0 Å². The first kappa shape index (κ1) is 70.6. The molecule has 496 valence electrons. The van der Waals surface area contributed by atoms with Crippen LogP contribution in [0.4, 0.5) is 45.5 Å². The van der Waals surface area contributed by atoms with Gasteiger partial charge in [0.15, 0.2) is 11.5 Å². The van der Waals surface area contributed by atoms with Crippen LogP contribution in [0.2, 0.25) is 0 Å². The minimum Gasteiger partial charge on any atom is -0.494 e. The van der Waals surface area contributed by atoms with Gasteiger partial charge < -0.3 is 49.7 Å². The first-order valence-corrected chi connectivity index (χ1v) is 35.5. The molecule has 8 aromatic carbocycles. The monoisotopic (exact) mass is 1260 g/mol. The number of ether oxygens (including phenoxy) is 6. The maximum atomic E-state index is 6.81. The fourth-order valence-corrected chi connectivity index (χ4v) is 11.4. The molecule has 0 aromatic heterocycles. The van der Waals surface area contributed by atoms with Crippen molar-refractivity contribution in [1.29, 1.82) is 0 Å². The molecule has 93 heavy (non-hydrogen) atoms. The number of nitrogens with one attached hydrogen (secondary N) is 4. The molecule has 0 atom stereocenters. The van der Waals surface area contributed by atoms with Gasteiger partial charge in [0.05, 0.1) is 37.8 Å². The van der Waals surface area contributed by atoms with Crippen molar-refractivity contribution >= 4 is 45.5 Å². The largest absolute Gasteiger partial charge is 0.494 e. The standard InChI is InChI=1S/C83H108N4O6/c1-7-11-15-19-23-27-61-88-71-53-41-67(42-54-71)84-77-33-31-35-79(81(77)86-69-45-57-73(58-46-69)90-63-29-25-21-17-13-9-3)92-75-49-37-65(38-50-75)83(5,6)66-39-51-76(52-40-66)93-80-36-32-34-78(85-68-43-55-72(56-44-68)89-62-28-24-20-16-12-8-2)82(80)87-70-47-59-74(60-48-70)91-64-30-26-22-18-14-10-4/h31-60,84-87H,7-30,61-64H2,1-6H3. The number of anilines is 8. The quantitative estimate of drug-likeness (QED) is 0.0276. The van der Waals surface area contributed by atoms with Crippen molar-refractivity contribution in [2.75, 3.05) is 47.7 Å². The van der Waals surface area contributed by atoms with Gasteiger partial charge in [-0.05, 0) is 182 Å². The molecule has 0 unspecified atom stereocenters. The van der Waals surface area contributed by atoms with Crippen LogP contribution in [0.15, 0.2) is 182 Å². The normalized spacial score (nSPS) is 11.2. The van der Waals surface area contributed by atoms with Crippen LogP contribution < -0.4 is 49.7 Å². The lowest BCUT2D eigenvalue weighted by molar-refractivity contribution is 0.304. The van der Waals surface area contributed by atoms with Crippen LogP contribution in [0.5, 0.6) is 46.0 Å². The van der Waals surface area contributed by atoms with Crippen LogP contribution in [0, 0.1) is 0 Å². The van der Waals surface area contributed by atoms with Gasteiger partial charge in [-0.25, -0.2) is 0 Å². The summed E-state index contributed by atoms with van der Waals surface area (Å²) in [6.07, 6.45) is 29.6. The molecule has 0 heterocycles. The third kappa shape index (κ3) is 24.3. The second-order valence-electron chi connectivity index (χ2n) is 25.3. The van der Waals surface area contributed by atoms with E-state index < -0.39 is 0 Å². The predicted octanol–water partition coefficient (Wildman–Crippen LogP) is 25.5. The second-order valence-corrected chi connectivity index (χ2v) is 25.3. The highest BCUT2D eigenvalue weighted by atomic mass is 16.5. The van der Waals surface area contributed by atoms with Gasteiger partial charge in [0.1, 0.15) is 45.9 Å². The summed E-state index contributed by atoms with van der Waals surface area (Å²) in [6.45, 7) is 16.4. The summed E-state index contributed by atoms with van der Waals surface area (Å²) in [7, 11) is 0. The van der Waals surface area contributed by atoms with Gasteiger partial charge in [-0.3, -0.25) is 0 Å².